The Balaban J connectivity index is 3.10. The normalized spacial score (nSPS) is 9.77. The van der Waals surface area contributed by atoms with E-state index in [0.29, 0.717) is 0 Å². The minimum Gasteiger partial charge on any atom is -0.377 e. The monoisotopic (exact) mass is 195 g/mol. The van der Waals surface area contributed by atoms with E-state index in [4.69, 9.17) is 11.6 Å². The lowest BCUT2D eigenvalue weighted by Crippen LogP contribution is -2.10. The average molecular weight is 196 g/mol. The quantitative estimate of drug-likeness (QED) is 0.670. The SMILES string of the molecule is C=CCc1cc(Cl)ccc1N(C)C. The molecule has 0 saturated heterocycles. The van der Waals surface area contributed by atoms with Crippen molar-refractivity contribution in [1.29, 1.82) is 0 Å². The van der Waals surface area contributed by atoms with Gasteiger partial charge in [-0.25, -0.2) is 0 Å². The number of allylic oxidation sites excluding steroid dienone is 1. The van der Waals surface area contributed by atoms with Crippen molar-refractivity contribution in [2.75, 3.05) is 19.0 Å². The van der Waals surface area contributed by atoms with E-state index in [9.17, 15) is 0 Å². The van der Waals surface area contributed by atoms with Crippen molar-refractivity contribution in [3.8, 4) is 0 Å². The first-order chi connectivity index (χ1) is 6.15. The van der Waals surface area contributed by atoms with E-state index in [2.05, 4.69) is 11.5 Å². The second-order valence-corrected chi connectivity index (χ2v) is 3.60. The minimum atomic E-state index is 0.780. The molecular formula is C11H14ClN. The molecule has 0 aromatic heterocycles. The van der Waals surface area contributed by atoms with E-state index < -0.39 is 0 Å². The van der Waals surface area contributed by atoms with Gasteiger partial charge in [0, 0.05) is 24.8 Å². The summed E-state index contributed by atoms with van der Waals surface area (Å²) in [6.07, 6.45) is 2.74. The molecule has 0 aliphatic carbocycles. The zero-order valence-electron chi connectivity index (χ0n) is 8.05. The fraction of sp³-hybridized carbons (Fsp3) is 0.273. The van der Waals surface area contributed by atoms with Crippen LogP contribution < -0.4 is 4.90 Å². The third-order valence-corrected chi connectivity index (χ3v) is 2.12. The van der Waals surface area contributed by atoms with Crippen molar-refractivity contribution in [1.82, 2.24) is 0 Å². The van der Waals surface area contributed by atoms with Crippen LogP contribution >= 0.6 is 11.6 Å². The maximum absolute atomic E-state index is 5.90. The van der Waals surface area contributed by atoms with Gasteiger partial charge in [-0.1, -0.05) is 17.7 Å². The van der Waals surface area contributed by atoms with Gasteiger partial charge in [0.15, 0.2) is 0 Å². The molecule has 2 heteroatoms. The van der Waals surface area contributed by atoms with E-state index in [1.54, 1.807) is 0 Å². The third-order valence-electron chi connectivity index (χ3n) is 1.89. The van der Waals surface area contributed by atoms with Gasteiger partial charge in [0.2, 0.25) is 0 Å². The van der Waals surface area contributed by atoms with Crippen LogP contribution in [0.3, 0.4) is 0 Å². The van der Waals surface area contributed by atoms with Gasteiger partial charge in [0.05, 0.1) is 0 Å². The van der Waals surface area contributed by atoms with E-state index in [1.165, 1.54) is 11.3 Å². The molecule has 0 saturated carbocycles. The second kappa shape index (κ2) is 4.33. The van der Waals surface area contributed by atoms with Gasteiger partial charge < -0.3 is 4.90 Å². The number of halogens is 1. The predicted molar refractivity (Wildman–Crippen MR) is 59.7 cm³/mol. The summed E-state index contributed by atoms with van der Waals surface area (Å²) >= 11 is 5.90. The van der Waals surface area contributed by atoms with Crippen LogP contribution in [0, 0.1) is 0 Å². The highest BCUT2D eigenvalue weighted by Crippen LogP contribution is 2.23. The Hall–Kier alpha value is -0.950. The molecule has 1 aromatic carbocycles. The molecule has 0 heterocycles. The maximum Gasteiger partial charge on any atom is 0.0410 e. The molecule has 0 unspecified atom stereocenters. The minimum absolute atomic E-state index is 0.780. The number of benzene rings is 1. The van der Waals surface area contributed by atoms with E-state index in [-0.39, 0.29) is 0 Å². The second-order valence-electron chi connectivity index (χ2n) is 3.16. The lowest BCUT2D eigenvalue weighted by molar-refractivity contribution is 1.09. The summed E-state index contributed by atoms with van der Waals surface area (Å²) in [7, 11) is 4.05. The van der Waals surface area contributed by atoms with Gasteiger partial charge in [-0.3, -0.25) is 0 Å². The Morgan fingerprint density at radius 3 is 2.69 bits per heavy atom. The molecule has 0 aliphatic rings. The Bertz CT molecular complexity index is 305. The maximum atomic E-state index is 5.90. The summed E-state index contributed by atoms with van der Waals surface area (Å²) in [5.74, 6) is 0. The van der Waals surface area contributed by atoms with Gasteiger partial charge >= 0.3 is 0 Å². The van der Waals surface area contributed by atoms with Crippen LogP contribution in [-0.4, -0.2) is 14.1 Å². The Morgan fingerprint density at radius 1 is 1.46 bits per heavy atom. The summed E-state index contributed by atoms with van der Waals surface area (Å²) in [5, 5.41) is 0.780. The first-order valence-corrected chi connectivity index (χ1v) is 4.59. The number of rotatable bonds is 3. The van der Waals surface area contributed by atoms with E-state index in [0.717, 1.165) is 11.4 Å². The van der Waals surface area contributed by atoms with Crippen LogP contribution in [0.2, 0.25) is 5.02 Å². The molecule has 1 nitrogen and oxygen atoms in total. The molecule has 70 valence electrons. The van der Waals surface area contributed by atoms with Gasteiger partial charge in [-0.15, -0.1) is 6.58 Å². The molecule has 0 bridgehead atoms. The van der Waals surface area contributed by atoms with E-state index >= 15 is 0 Å². The van der Waals surface area contributed by atoms with Crippen molar-refractivity contribution in [2.45, 2.75) is 6.42 Å². The zero-order valence-corrected chi connectivity index (χ0v) is 8.80. The summed E-state index contributed by atoms with van der Waals surface area (Å²) in [6.45, 7) is 3.72. The molecule has 0 N–H and O–H groups in total. The average Bonchev–Trinajstić information content (AvgIpc) is 2.04. The lowest BCUT2D eigenvalue weighted by Gasteiger charge is -2.16. The highest BCUT2D eigenvalue weighted by Gasteiger charge is 2.03. The van der Waals surface area contributed by atoms with Crippen LogP contribution in [0.25, 0.3) is 0 Å². The van der Waals surface area contributed by atoms with Gasteiger partial charge in [0.1, 0.15) is 0 Å². The molecule has 0 aliphatic heterocycles. The fourth-order valence-corrected chi connectivity index (χ4v) is 1.50. The van der Waals surface area contributed by atoms with E-state index in [1.807, 2.05) is 38.4 Å². The first-order valence-electron chi connectivity index (χ1n) is 4.22. The molecule has 0 fully saturated rings. The number of hydrogen-bond donors (Lipinski definition) is 0. The molecule has 1 aromatic rings. The Morgan fingerprint density at radius 2 is 2.15 bits per heavy atom. The van der Waals surface area contributed by atoms with Crippen LogP contribution in [0.5, 0.6) is 0 Å². The number of nitrogens with zero attached hydrogens (tertiary/aromatic N) is 1. The summed E-state index contributed by atoms with van der Waals surface area (Å²) < 4.78 is 0. The predicted octanol–water partition coefficient (Wildman–Crippen LogP) is 3.13. The zero-order chi connectivity index (χ0) is 9.84. The Labute approximate surface area is 84.6 Å². The van der Waals surface area contributed by atoms with Crippen molar-refractivity contribution in [2.24, 2.45) is 0 Å². The molecule has 0 spiro atoms. The summed E-state index contributed by atoms with van der Waals surface area (Å²) in [5.41, 5.74) is 2.41. The summed E-state index contributed by atoms with van der Waals surface area (Å²) in [4.78, 5) is 2.08. The van der Waals surface area contributed by atoms with Crippen LogP contribution in [-0.2, 0) is 6.42 Å². The lowest BCUT2D eigenvalue weighted by atomic mass is 10.1. The first kappa shape index (κ1) is 10.1. The van der Waals surface area contributed by atoms with Gasteiger partial charge in [-0.05, 0) is 30.2 Å². The molecule has 1 rings (SSSR count). The topological polar surface area (TPSA) is 3.24 Å². The number of anilines is 1. The van der Waals surface area contributed by atoms with Crippen molar-refractivity contribution in [3.63, 3.8) is 0 Å². The smallest absolute Gasteiger partial charge is 0.0410 e. The molecular weight excluding hydrogens is 182 g/mol. The molecule has 13 heavy (non-hydrogen) atoms. The van der Waals surface area contributed by atoms with Crippen molar-refractivity contribution in [3.05, 3.63) is 41.4 Å². The van der Waals surface area contributed by atoms with Crippen molar-refractivity contribution >= 4 is 17.3 Å². The third kappa shape index (κ3) is 2.49. The van der Waals surface area contributed by atoms with Crippen LogP contribution in [0.4, 0.5) is 5.69 Å². The molecule has 0 radical (unpaired) electrons. The highest BCUT2D eigenvalue weighted by molar-refractivity contribution is 6.30. The Kier molecular flexibility index (Phi) is 3.38. The molecule has 0 amide bonds. The summed E-state index contributed by atoms with van der Waals surface area (Å²) in [6, 6.07) is 5.92. The number of hydrogen-bond acceptors (Lipinski definition) is 1. The van der Waals surface area contributed by atoms with Crippen LogP contribution in [0.15, 0.2) is 30.9 Å². The molecule has 0 atom stereocenters. The van der Waals surface area contributed by atoms with Crippen molar-refractivity contribution < 1.29 is 0 Å². The largest absolute Gasteiger partial charge is 0.377 e. The highest BCUT2D eigenvalue weighted by atomic mass is 35.5. The standard InChI is InChI=1S/C11H14ClN/c1-4-5-9-8-10(12)6-7-11(9)13(2)3/h4,6-8H,1,5H2,2-3H3. The van der Waals surface area contributed by atoms with Gasteiger partial charge in [-0.2, -0.15) is 0 Å². The van der Waals surface area contributed by atoms with Crippen LogP contribution in [0.1, 0.15) is 5.56 Å². The fourth-order valence-electron chi connectivity index (χ4n) is 1.31. The van der Waals surface area contributed by atoms with Gasteiger partial charge in [0.25, 0.3) is 0 Å².